The van der Waals surface area contributed by atoms with E-state index in [-0.39, 0.29) is 16.7 Å². The van der Waals surface area contributed by atoms with Crippen LogP contribution in [0.2, 0.25) is 0 Å². The molecule has 0 unspecified atom stereocenters. The summed E-state index contributed by atoms with van der Waals surface area (Å²) in [4.78, 5) is 11.1. The van der Waals surface area contributed by atoms with Gasteiger partial charge in [-0.3, -0.25) is 4.79 Å². The van der Waals surface area contributed by atoms with Crippen LogP contribution in [0.4, 0.5) is 0 Å². The van der Waals surface area contributed by atoms with Gasteiger partial charge in [0.15, 0.2) is 0 Å². The number of nitrogens with one attached hydrogen (secondary N) is 1. The molecule has 1 N–H and O–H groups in total. The van der Waals surface area contributed by atoms with Gasteiger partial charge in [0.25, 0.3) is 0 Å². The molecule has 0 bridgehead atoms. The van der Waals surface area contributed by atoms with Gasteiger partial charge in [-0.2, -0.15) is 0 Å². The monoisotopic (exact) mass is 221 g/mol. The molecule has 0 saturated heterocycles. The Hall–Kier alpha value is -1.23. The normalized spacial score (nSPS) is 11.7. The van der Waals surface area contributed by atoms with E-state index in [0.717, 1.165) is 12.8 Å². The fourth-order valence-corrected chi connectivity index (χ4v) is 2.10. The summed E-state index contributed by atoms with van der Waals surface area (Å²) in [5, 5.41) is 2.83. The van der Waals surface area contributed by atoms with Gasteiger partial charge in [-0.05, 0) is 23.3 Å². The number of carbonyl (C=O) groups is 1. The molecule has 0 saturated carbocycles. The molecule has 2 nitrogen and oxygen atoms in total. The lowest BCUT2D eigenvalue weighted by Crippen LogP contribution is -2.35. The standard InChI is InChI=1S/C14H23NO/c1-7-9-13(3,4)10-14(5,6)11-15-12(16)8-2/h1,8H,2,9-11H2,3-6H3,(H,15,16). The molecule has 1 amide bonds. The Labute approximate surface area is 99.5 Å². The smallest absolute Gasteiger partial charge is 0.243 e. The van der Waals surface area contributed by atoms with Gasteiger partial charge in [0, 0.05) is 13.0 Å². The van der Waals surface area contributed by atoms with Crippen molar-refractivity contribution >= 4 is 5.91 Å². The van der Waals surface area contributed by atoms with Gasteiger partial charge in [-0.15, -0.1) is 12.3 Å². The molecule has 0 aliphatic heterocycles. The summed E-state index contributed by atoms with van der Waals surface area (Å²) < 4.78 is 0. The summed E-state index contributed by atoms with van der Waals surface area (Å²) >= 11 is 0. The highest BCUT2D eigenvalue weighted by molar-refractivity contribution is 5.86. The Bertz CT molecular complexity index is 294. The molecule has 0 aliphatic rings. The zero-order chi connectivity index (χ0) is 12.8. The Kier molecular flexibility index (Phi) is 5.30. The van der Waals surface area contributed by atoms with Crippen LogP contribution in [-0.4, -0.2) is 12.5 Å². The quantitative estimate of drug-likeness (QED) is 0.542. The molecular formula is C14H23NO. The molecular weight excluding hydrogens is 198 g/mol. The van der Waals surface area contributed by atoms with E-state index in [9.17, 15) is 4.79 Å². The van der Waals surface area contributed by atoms with Gasteiger partial charge < -0.3 is 5.32 Å². The van der Waals surface area contributed by atoms with Gasteiger partial charge in [0.05, 0.1) is 0 Å². The van der Waals surface area contributed by atoms with E-state index in [2.05, 4.69) is 45.5 Å². The maximum atomic E-state index is 11.1. The van der Waals surface area contributed by atoms with Gasteiger partial charge in [0.1, 0.15) is 0 Å². The lowest BCUT2D eigenvalue weighted by atomic mass is 9.73. The van der Waals surface area contributed by atoms with Crippen LogP contribution in [0.25, 0.3) is 0 Å². The van der Waals surface area contributed by atoms with Crippen molar-refractivity contribution in [3.05, 3.63) is 12.7 Å². The number of hydrogen-bond acceptors (Lipinski definition) is 1. The first-order chi connectivity index (χ1) is 7.22. The van der Waals surface area contributed by atoms with Crippen molar-refractivity contribution in [3.8, 4) is 12.3 Å². The van der Waals surface area contributed by atoms with Gasteiger partial charge in [-0.25, -0.2) is 0 Å². The van der Waals surface area contributed by atoms with Crippen molar-refractivity contribution in [1.29, 1.82) is 0 Å². The molecule has 0 spiro atoms. The van der Waals surface area contributed by atoms with E-state index in [1.807, 2.05) is 0 Å². The van der Waals surface area contributed by atoms with Crippen molar-refractivity contribution < 1.29 is 4.79 Å². The molecule has 0 radical (unpaired) electrons. The first-order valence-electron chi connectivity index (χ1n) is 5.56. The first-order valence-corrected chi connectivity index (χ1v) is 5.56. The maximum Gasteiger partial charge on any atom is 0.243 e. The molecule has 0 aromatic heterocycles. The zero-order valence-corrected chi connectivity index (χ0v) is 10.9. The van der Waals surface area contributed by atoms with Crippen LogP contribution in [0.3, 0.4) is 0 Å². The van der Waals surface area contributed by atoms with Crippen molar-refractivity contribution in [2.75, 3.05) is 6.54 Å². The summed E-state index contributed by atoms with van der Waals surface area (Å²) in [7, 11) is 0. The second kappa shape index (κ2) is 5.75. The van der Waals surface area contributed by atoms with Crippen LogP contribution >= 0.6 is 0 Å². The summed E-state index contributed by atoms with van der Waals surface area (Å²) in [6.45, 7) is 12.7. The van der Waals surface area contributed by atoms with Crippen molar-refractivity contribution in [1.82, 2.24) is 5.32 Å². The number of terminal acetylenes is 1. The summed E-state index contributed by atoms with van der Waals surface area (Å²) in [5.41, 5.74) is 0.149. The average Bonchev–Trinajstić information content (AvgIpc) is 2.12. The fraction of sp³-hybridized carbons (Fsp3) is 0.643. The fourth-order valence-electron chi connectivity index (χ4n) is 2.10. The van der Waals surface area contributed by atoms with E-state index in [0.29, 0.717) is 6.54 Å². The van der Waals surface area contributed by atoms with Crippen LogP contribution in [0.15, 0.2) is 12.7 Å². The SMILES string of the molecule is C#CCC(C)(C)CC(C)(C)CNC(=O)C=C. The molecule has 16 heavy (non-hydrogen) atoms. The zero-order valence-electron chi connectivity index (χ0n) is 10.9. The third-order valence-corrected chi connectivity index (χ3v) is 2.46. The van der Waals surface area contributed by atoms with Crippen molar-refractivity contribution in [2.24, 2.45) is 10.8 Å². The molecule has 2 heteroatoms. The second-order valence-corrected chi connectivity index (χ2v) is 5.81. The number of carbonyl (C=O) groups excluding carboxylic acids is 1. The summed E-state index contributed by atoms with van der Waals surface area (Å²) in [6, 6.07) is 0. The molecule has 0 fully saturated rings. The Morgan fingerprint density at radius 3 is 2.38 bits per heavy atom. The molecule has 90 valence electrons. The third-order valence-electron chi connectivity index (χ3n) is 2.46. The number of hydrogen-bond donors (Lipinski definition) is 1. The Morgan fingerprint density at radius 1 is 1.38 bits per heavy atom. The minimum absolute atomic E-state index is 0.0407. The van der Waals surface area contributed by atoms with Crippen LogP contribution in [0, 0.1) is 23.2 Å². The van der Waals surface area contributed by atoms with Gasteiger partial charge >= 0.3 is 0 Å². The molecule has 0 heterocycles. The second-order valence-electron chi connectivity index (χ2n) is 5.81. The first kappa shape index (κ1) is 14.8. The third kappa shape index (κ3) is 6.29. The molecule has 0 aromatic carbocycles. The van der Waals surface area contributed by atoms with E-state index in [1.165, 1.54) is 6.08 Å². The molecule has 0 aliphatic carbocycles. The van der Waals surface area contributed by atoms with Crippen LogP contribution in [-0.2, 0) is 4.79 Å². The lowest BCUT2D eigenvalue weighted by Gasteiger charge is -2.34. The summed E-state index contributed by atoms with van der Waals surface area (Å²) in [5.74, 6) is 2.58. The lowest BCUT2D eigenvalue weighted by molar-refractivity contribution is -0.117. The van der Waals surface area contributed by atoms with E-state index in [4.69, 9.17) is 6.42 Å². The number of rotatable bonds is 6. The summed E-state index contributed by atoms with van der Waals surface area (Å²) in [6.07, 6.45) is 8.37. The Balaban J connectivity index is 4.29. The van der Waals surface area contributed by atoms with Crippen LogP contribution in [0.1, 0.15) is 40.5 Å². The van der Waals surface area contributed by atoms with Crippen molar-refractivity contribution in [2.45, 2.75) is 40.5 Å². The van der Waals surface area contributed by atoms with E-state index in [1.54, 1.807) is 0 Å². The van der Waals surface area contributed by atoms with Crippen LogP contribution in [0.5, 0.6) is 0 Å². The topological polar surface area (TPSA) is 29.1 Å². The van der Waals surface area contributed by atoms with Gasteiger partial charge in [-0.1, -0.05) is 34.3 Å². The minimum atomic E-state index is -0.122. The maximum absolute atomic E-state index is 11.1. The highest BCUT2D eigenvalue weighted by atomic mass is 16.1. The predicted octanol–water partition coefficient (Wildman–Crippen LogP) is 2.75. The average molecular weight is 221 g/mol. The van der Waals surface area contributed by atoms with Gasteiger partial charge in [0.2, 0.25) is 5.91 Å². The van der Waals surface area contributed by atoms with Crippen molar-refractivity contribution in [3.63, 3.8) is 0 Å². The largest absolute Gasteiger partial charge is 0.352 e. The molecule has 0 rings (SSSR count). The highest BCUT2D eigenvalue weighted by Crippen LogP contribution is 2.35. The molecule has 0 aromatic rings. The minimum Gasteiger partial charge on any atom is -0.352 e. The predicted molar refractivity (Wildman–Crippen MR) is 68.8 cm³/mol. The Morgan fingerprint density at radius 2 is 1.94 bits per heavy atom. The number of amides is 1. The van der Waals surface area contributed by atoms with E-state index < -0.39 is 0 Å². The van der Waals surface area contributed by atoms with Crippen LogP contribution < -0.4 is 5.32 Å². The van der Waals surface area contributed by atoms with E-state index >= 15 is 0 Å². The highest BCUT2D eigenvalue weighted by Gasteiger charge is 2.28. The molecule has 0 atom stereocenters.